The second-order valence-corrected chi connectivity index (χ2v) is 13.3. The third-order valence-corrected chi connectivity index (χ3v) is 11.9. The molecule has 3 aliphatic rings. The van der Waals surface area contributed by atoms with Gasteiger partial charge in [-0.05, 0) is 18.2 Å². The minimum absolute atomic E-state index is 0.124. The van der Waals surface area contributed by atoms with E-state index in [9.17, 15) is 29.3 Å². The molecule has 1 aliphatic heterocycles. The van der Waals surface area contributed by atoms with Gasteiger partial charge >= 0.3 is 0 Å². The molecule has 1 saturated heterocycles. The predicted molar refractivity (Wildman–Crippen MR) is 152 cm³/mol. The molecule has 0 aromatic heterocycles. The topological polar surface area (TPSA) is 118 Å². The number of ketones is 1. The molecule has 1 saturated carbocycles. The third kappa shape index (κ3) is 3.73. The van der Waals surface area contributed by atoms with Crippen molar-refractivity contribution in [3.63, 3.8) is 0 Å². The zero-order chi connectivity index (χ0) is 29.5. The molecule has 208 valence electrons. The lowest BCUT2D eigenvalue weighted by atomic mass is 9.84. The van der Waals surface area contributed by atoms with E-state index < -0.39 is 72.1 Å². The van der Waals surface area contributed by atoms with Gasteiger partial charge < -0.3 is 0 Å². The number of rotatable bonds is 6. The lowest BCUT2D eigenvalue weighted by Crippen LogP contribution is -2.56. The van der Waals surface area contributed by atoms with Crippen molar-refractivity contribution in [3.05, 3.63) is 84.3 Å². The summed E-state index contributed by atoms with van der Waals surface area (Å²) in [5.74, 6) is -7.26. The number of carbonyl (C=O) groups excluding carboxylic acids is 4. The first-order chi connectivity index (χ1) is 18.6. The first kappa shape index (κ1) is 29.6. The molecular formula is C24H12BrCl6N3O6. The van der Waals surface area contributed by atoms with Crippen LogP contribution in [0.1, 0.15) is 20.7 Å². The van der Waals surface area contributed by atoms with Crippen LogP contribution in [0.4, 0.5) is 5.69 Å². The largest absolute Gasteiger partial charge is 0.292 e. The molecule has 0 N–H and O–H groups in total. The molecule has 2 bridgehead atoms. The summed E-state index contributed by atoms with van der Waals surface area (Å²) < 4.78 is -1.55. The molecule has 2 aliphatic carbocycles. The van der Waals surface area contributed by atoms with Crippen molar-refractivity contribution in [2.24, 2.45) is 11.8 Å². The maximum absolute atomic E-state index is 13.9. The number of hydrazine groups is 1. The van der Waals surface area contributed by atoms with Crippen LogP contribution in [0.3, 0.4) is 0 Å². The molecular weight excluding hydrogens is 719 g/mol. The highest BCUT2D eigenvalue weighted by atomic mass is 79.9. The lowest BCUT2D eigenvalue weighted by Gasteiger charge is -2.36. The van der Waals surface area contributed by atoms with Crippen molar-refractivity contribution < 1.29 is 24.1 Å². The Morgan fingerprint density at radius 1 is 0.925 bits per heavy atom. The molecule has 4 atom stereocenters. The maximum atomic E-state index is 13.9. The molecule has 2 fully saturated rings. The van der Waals surface area contributed by atoms with Crippen LogP contribution in [-0.2, 0) is 9.59 Å². The van der Waals surface area contributed by atoms with Crippen molar-refractivity contribution in [1.82, 2.24) is 10.0 Å². The van der Waals surface area contributed by atoms with Crippen molar-refractivity contribution in [3.8, 4) is 0 Å². The van der Waals surface area contributed by atoms with Gasteiger partial charge in [0.1, 0.15) is 21.9 Å². The summed E-state index contributed by atoms with van der Waals surface area (Å²) in [5, 5.41) is 11.9. The Morgan fingerprint density at radius 2 is 1.43 bits per heavy atom. The monoisotopic (exact) mass is 727 g/mol. The minimum atomic E-state index is -2.22. The van der Waals surface area contributed by atoms with E-state index in [1.165, 1.54) is 24.3 Å². The van der Waals surface area contributed by atoms with Gasteiger partial charge in [-0.15, -0.1) is 23.2 Å². The summed E-state index contributed by atoms with van der Waals surface area (Å²) in [6.45, 7) is -0.865. The number of amides is 3. The van der Waals surface area contributed by atoms with Gasteiger partial charge in [-0.3, -0.25) is 29.3 Å². The SMILES string of the molecule is O=C(CN(C(=O)c1ccccc1[N+](=O)[O-])N1C(=O)[C@H]2[C@H](C1=O)[C@@]1(Cl)C(Cl)=C(Cl)[C@@]2(Cl)C1(Cl)Cl)c1ccc(Br)cc1. The summed E-state index contributed by atoms with van der Waals surface area (Å²) in [6.07, 6.45) is 0. The van der Waals surface area contributed by atoms with E-state index >= 15 is 0 Å². The maximum Gasteiger partial charge on any atom is 0.282 e. The molecule has 3 amide bonds. The first-order valence-corrected chi connectivity index (χ1v) is 14.2. The highest BCUT2D eigenvalue weighted by Gasteiger charge is 2.88. The van der Waals surface area contributed by atoms with E-state index in [4.69, 9.17) is 69.6 Å². The molecule has 2 aromatic carbocycles. The van der Waals surface area contributed by atoms with Crippen LogP contribution >= 0.6 is 85.5 Å². The number of nitro benzene ring substituents is 1. The second-order valence-electron chi connectivity index (χ2n) is 9.14. The fourth-order valence-corrected chi connectivity index (χ4v) is 8.46. The first-order valence-electron chi connectivity index (χ1n) is 11.2. The van der Waals surface area contributed by atoms with Crippen LogP contribution in [0.25, 0.3) is 0 Å². The Bertz CT molecular complexity index is 1520. The van der Waals surface area contributed by atoms with Gasteiger partial charge in [-0.1, -0.05) is 86.6 Å². The van der Waals surface area contributed by atoms with Gasteiger partial charge in [-0.2, -0.15) is 5.01 Å². The van der Waals surface area contributed by atoms with Crippen LogP contribution in [0.5, 0.6) is 0 Å². The predicted octanol–water partition coefficient (Wildman–Crippen LogP) is 6.04. The van der Waals surface area contributed by atoms with Crippen LogP contribution in [-0.4, -0.2) is 59.1 Å². The Hall–Kier alpha value is -1.92. The van der Waals surface area contributed by atoms with Gasteiger partial charge in [0.05, 0.1) is 26.8 Å². The van der Waals surface area contributed by atoms with Gasteiger partial charge in [0.15, 0.2) is 10.1 Å². The molecule has 5 rings (SSSR count). The number of halogens is 7. The Morgan fingerprint density at radius 3 is 1.93 bits per heavy atom. The summed E-state index contributed by atoms with van der Waals surface area (Å²) in [5.41, 5.74) is -0.987. The van der Waals surface area contributed by atoms with Crippen LogP contribution < -0.4 is 0 Å². The number of carbonyl (C=O) groups is 4. The number of hydrogen-bond donors (Lipinski definition) is 0. The number of alkyl halides is 4. The van der Waals surface area contributed by atoms with E-state index in [2.05, 4.69) is 15.9 Å². The molecule has 2 aromatic rings. The molecule has 40 heavy (non-hydrogen) atoms. The fourth-order valence-electron chi connectivity index (χ4n) is 5.27. The highest BCUT2D eigenvalue weighted by molar-refractivity contribution is 9.10. The van der Waals surface area contributed by atoms with Crippen molar-refractivity contribution in [2.45, 2.75) is 14.1 Å². The number of Topliss-reactive ketones (excluding diaryl/α,β-unsaturated/α-hetero) is 1. The van der Waals surface area contributed by atoms with Crippen LogP contribution in [0.2, 0.25) is 0 Å². The Balaban J connectivity index is 1.63. The summed E-state index contributed by atoms with van der Waals surface area (Å²) >= 11 is 42.4. The standard InChI is InChI=1S/C24H12BrCl6N3O6/c25-11-7-5-10(6-8-11)14(35)9-32(19(36)12-3-1-2-4-13(12)34(39)40)33-20(37)15-16(21(33)38)23(29)18(27)17(26)22(15,28)24(23,30)31/h1-8,15-16H,9H2/t15-,16-,22-,23-/m1/s1. The Kier molecular flexibility index (Phi) is 7.27. The molecule has 0 unspecified atom stereocenters. The Labute approximate surface area is 264 Å². The van der Waals surface area contributed by atoms with Crippen LogP contribution in [0, 0.1) is 22.0 Å². The van der Waals surface area contributed by atoms with Gasteiger partial charge in [0.25, 0.3) is 23.4 Å². The molecule has 16 heteroatoms. The van der Waals surface area contributed by atoms with Crippen molar-refractivity contribution in [2.75, 3.05) is 6.54 Å². The number of nitro groups is 1. The van der Waals surface area contributed by atoms with Gasteiger partial charge in [0, 0.05) is 16.1 Å². The number of allylic oxidation sites excluding steroid dienone is 2. The summed E-state index contributed by atoms with van der Waals surface area (Å²) in [4.78, 5) is 61.4. The van der Waals surface area contributed by atoms with Crippen LogP contribution in [0.15, 0.2) is 63.1 Å². The minimum Gasteiger partial charge on any atom is -0.292 e. The summed E-state index contributed by atoms with van der Waals surface area (Å²) in [6, 6.07) is 10.9. The van der Waals surface area contributed by atoms with E-state index in [1.54, 1.807) is 12.1 Å². The van der Waals surface area contributed by atoms with Gasteiger partial charge in [0.2, 0.25) is 0 Å². The smallest absolute Gasteiger partial charge is 0.282 e. The van der Waals surface area contributed by atoms with E-state index in [-0.39, 0.29) is 15.6 Å². The molecule has 0 spiro atoms. The lowest BCUT2D eigenvalue weighted by molar-refractivity contribution is -0.385. The molecule has 9 nitrogen and oxygen atoms in total. The van der Waals surface area contributed by atoms with Gasteiger partial charge in [-0.25, -0.2) is 5.01 Å². The number of imide groups is 1. The molecule has 1 heterocycles. The third-order valence-electron chi connectivity index (χ3n) is 7.15. The fraction of sp³-hybridized carbons (Fsp3) is 0.250. The zero-order valence-electron chi connectivity index (χ0n) is 19.4. The molecule has 0 radical (unpaired) electrons. The number of nitrogens with zero attached hydrogens (tertiary/aromatic N) is 3. The van der Waals surface area contributed by atoms with E-state index in [0.717, 1.165) is 12.1 Å². The second kappa shape index (κ2) is 9.83. The number of fused-ring (bicyclic) bond motifs is 5. The number of para-hydroxylation sites is 1. The number of hydrogen-bond acceptors (Lipinski definition) is 6. The van der Waals surface area contributed by atoms with E-state index in [0.29, 0.717) is 14.5 Å². The normalized spacial score (nSPS) is 28.2. The number of benzene rings is 2. The highest BCUT2D eigenvalue weighted by Crippen LogP contribution is 2.77. The van der Waals surface area contributed by atoms with Crippen molar-refractivity contribution in [1.29, 1.82) is 0 Å². The average molecular weight is 731 g/mol. The zero-order valence-corrected chi connectivity index (χ0v) is 25.5. The summed E-state index contributed by atoms with van der Waals surface area (Å²) in [7, 11) is 0. The quantitative estimate of drug-likeness (QED) is 0.118. The van der Waals surface area contributed by atoms with Crippen molar-refractivity contribution >= 4 is 115 Å². The van der Waals surface area contributed by atoms with E-state index in [1.807, 2.05) is 0 Å². The average Bonchev–Trinajstić information content (AvgIpc) is 3.30.